The first kappa shape index (κ1) is 24.4. The van der Waals surface area contributed by atoms with Gasteiger partial charge >= 0.3 is 6.18 Å². The lowest BCUT2D eigenvalue weighted by Gasteiger charge is -2.20. The molecule has 10 heteroatoms. The summed E-state index contributed by atoms with van der Waals surface area (Å²) in [4.78, 5) is 29.1. The average Bonchev–Trinajstić information content (AvgIpc) is 3.39. The number of aliphatic imine (C=N–C) groups is 1. The van der Waals surface area contributed by atoms with E-state index in [9.17, 15) is 22.8 Å². The van der Waals surface area contributed by atoms with Gasteiger partial charge in [-0.2, -0.15) is 18.3 Å². The Bertz CT molecular complexity index is 1540. The van der Waals surface area contributed by atoms with E-state index in [2.05, 4.69) is 28.7 Å². The summed E-state index contributed by atoms with van der Waals surface area (Å²) in [6, 6.07) is 13.0. The van der Waals surface area contributed by atoms with Crippen LogP contribution in [0.15, 0.2) is 89.4 Å². The van der Waals surface area contributed by atoms with Crippen molar-refractivity contribution >= 4 is 24.0 Å². The van der Waals surface area contributed by atoms with Crippen LogP contribution in [0.2, 0.25) is 0 Å². The van der Waals surface area contributed by atoms with Crippen molar-refractivity contribution in [1.29, 1.82) is 0 Å². The lowest BCUT2D eigenvalue weighted by Crippen LogP contribution is -2.21. The van der Waals surface area contributed by atoms with Crippen molar-refractivity contribution in [3.05, 3.63) is 101 Å². The molecule has 0 spiro atoms. The molecule has 36 heavy (non-hydrogen) atoms. The molecule has 0 aliphatic carbocycles. The Labute approximate surface area is 203 Å². The lowest BCUT2D eigenvalue weighted by molar-refractivity contribution is -0.136. The molecule has 4 rings (SSSR count). The highest BCUT2D eigenvalue weighted by Gasteiger charge is 2.34. The number of nitrogens with zero attached hydrogens (tertiary/aromatic N) is 4. The van der Waals surface area contributed by atoms with Gasteiger partial charge in [0.1, 0.15) is 0 Å². The summed E-state index contributed by atoms with van der Waals surface area (Å²) in [5.74, 6) is -0.820. The highest BCUT2D eigenvalue weighted by atomic mass is 19.4. The Morgan fingerprint density at radius 3 is 2.50 bits per heavy atom. The number of anilines is 1. The average molecular weight is 491 g/mol. The highest BCUT2D eigenvalue weighted by Crippen LogP contribution is 2.38. The van der Waals surface area contributed by atoms with Crippen LogP contribution in [0.25, 0.3) is 22.6 Å². The van der Waals surface area contributed by atoms with Gasteiger partial charge in [-0.1, -0.05) is 12.6 Å². The number of pyridine rings is 1. The van der Waals surface area contributed by atoms with Crippen molar-refractivity contribution in [3.8, 4) is 22.6 Å². The predicted octanol–water partition coefficient (Wildman–Crippen LogP) is 5.47. The predicted molar refractivity (Wildman–Crippen MR) is 132 cm³/mol. The number of aromatic nitrogens is 3. The van der Waals surface area contributed by atoms with E-state index >= 15 is 0 Å². The molecule has 0 aliphatic heterocycles. The van der Waals surface area contributed by atoms with E-state index in [0.717, 1.165) is 18.2 Å². The number of alkyl halides is 3. The van der Waals surface area contributed by atoms with Gasteiger partial charge in [0.15, 0.2) is 0 Å². The molecule has 0 unspecified atom stereocenters. The fraction of sp³-hybridized carbons (Fsp3) is 0.0769. The second-order valence-corrected chi connectivity index (χ2v) is 7.77. The molecule has 182 valence electrons. The zero-order chi connectivity index (χ0) is 26.0. The Balaban J connectivity index is 2.01. The zero-order valence-electron chi connectivity index (χ0n) is 19.1. The molecule has 0 aliphatic rings. The molecule has 2 aromatic heterocycles. The van der Waals surface area contributed by atoms with Crippen LogP contribution in [0.3, 0.4) is 0 Å². The van der Waals surface area contributed by atoms with Crippen molar-refractivity contribution in [2.45, 2.75) is 13.1 Å². The summed E-state index contributed by atoms with van der Waals surface area (Å²) >= 11 is 0. The fourth-order valence-corrected chi connectivity index (χ4v) is 3.85. The lowest BCUT2D eigenvalue weighted by atomic mass is 10.0. The van der Waals surface area contributed by atoms with Gasteiger partial charge in [-0.25, -0.2) is 4.68 Å². The quantitative estimate of drug-likeness (QED) is 0.287. The molecule has 0 bridgehead atoms. The van der Waals surface area contributed by atoms with E-state index in [-0.39, 0.29) is 5.69 Å². The number of nitrogens with one attached hydrogen (secondary N) is 1. The number of hydrogen-bond acceptors (Lipinski definition) is 4. The maximum atomic E-state index is 13.6. The molecule has 7 nitrogen and oxygen atoms in total. The zero-order valence-corrected chi connectivity index (χ0v) is 19.1. The van der Waals surface area contributed by atoms with Crippen molar-refractivity contribution in [2.75, 3.05) is 5.32 Å². The van der Waals surface area contributed by atoms with Gasteiger partial charge in [0.25, 0.3) is 5.56 Å². The number of benzene rings is 2. The number of hydrogen-bond donors (Lipinski definition) is 1. The van der Waals surface area contributed by atoms with Crippen molar-refractivity contribution in [1.82, 2.24) is 14.3 Å². The van der Waals surface area contributed by atoms with Gasteiger partial charge in [-0.15, -0.1) is 0 Å². The van der Waals surface area contributed by atoms with Crippen LogP contribution in [0, 0.1) is 6.92 Å². The second kappa shape index (κ2) is 9.49. The van der Waals surface area contributed by atoms with Gasteiger partial charge in [0.2, 0.25) is 5.91 Å². The summed E-state index contributed by atoms with van der Waals surface area (Å²) in [6.45, 7) is 8.67. The minimum Gasteiger partial charge on any atom is -0.322 e. The van der Waals surface area contributed by atoms with Gasteiger partial charge in [-0.3, -0.25) is 19.1 Å². The Kier molecular flexibility index (Phi) is 6.43. The highest BCUT2D eigenvalue weighted by molar-refractivity contribution is 5.99. The van der Waals surface area contributed by atoms with E-state index in [1.807, 2.05) is 0 Å². The monoisotopic (exact) mass is 491 g/mol. The minimum atomic E-state index is -4.74. The molecule has 0 saturated heterocycles. The Morgan fingerprint density at radius 1 is 1.11 bits per heavy atom. The third-order valence-electron chi connectivity index (χ3n) is 5.48. The summed E-state index contributed by atoms with van der Waals surface area (Å²) in [6.07, 6.45) is -0.513. The number of carbonyl (C=O) groups excluding carboxylic acids is 1. The van der Waals surface area contributed by atoms with Gasteiger partial charge in [0, 0.05) is 24.0 Å². The molecule has 4 aromatic rings. The maximum Gasteiger partial charge on any atom is 0.418 e. The number of halogens is 3. The van der Waals surface area contributed by atoms with Crippen LogP contribution >= 0.6 is 0 Å². The molecule has 2 aromatic carbocycles. The van der Waals surface area contributed by atoms with Crippen LogP contribution < -0.4 is 10.9 Å². The van der Waals surface area contributed by atoms with Crippen LogP contribution in [-0.4, -0.2) is 27.0 Å². The number of rotatable bonds is 6. The van der Waals surface area contributed by atoms with Crippen molar-refractivity contribution < 1.29 is 18.0 Å². The summed E-state index contributed by atoms with van der Waals surface area (Å²) in [7, 11) is 0. The third kappa shape index (κ3) is 4.61. The van der Waals surface area contributed by atoms with Gasteiger partial charge in [0.05, 0.1) is 34.0 Å². The van der Waals surface area contributed by atoms with Crippen LogP contribution in [0.4, 0.5) is 24.5 Å². The third-order valence-corrected chi connectivity index (χ3v) is 5.48. The smallest absolute Gasteiger partial charge is 0.322 e. The first-order chi connectivity index (χ1) is 17.1. The molecular formula is C26H20F3N5O2. The van der Waals surface area contributed by atoms with Crippen LogP contribution in [-0.2, 0) is 11.0 Å². The molecule has 0 saturated carbocycles. The first-order valence-corrected chi connectivity index (χ1v) is 10.6. The summed E-state index contributed by atoms with van der Waals surface area (Å²) < 4.78 is 43.8. The minimum absolute atomic E-state index is 0.116. The molecule has 0 atom stereocenters. The molecular weight excluding hydrogens is 471 g/mol. The largest absolute Gasteiger partial charge is 0.418 e. The van der Waals surface area contributed by atoms with E-state index in [0.29, 0.717) is 28.2 Å². The molecule has 0 fully saturated rings. The van der Waals surface area contributed by atoms with Crippen molar-refractivity contribution in [3.63, 3.8) is 0 Å². The Hall–Kier alpha value is -4.73. The van der Waals surface area contributed by atoms with Gasteiger partial charge < -0.3 is 5.32 Å². The number of aryl methyl sites for hydroxylation is 1. The second-order valence-electron chi connectivity index (χ2n) is 7.77. The topological polar surface area (TPSA) is 81.3 Å². The van der Waals surface area contributed by atoms with Crippen molar-refractivity contribution in [2.24, 2.45) is 4.99 Å². The molecule has 1 N–H and O–H groups in total. The maximum absolute atomic E-state index is 13.6. The van der Waals surface area contributed by atoms with E-state index < -0.39 is 28.9 Å². The number of carbonyl (C=O) groups is 1. The standard InChI is InChI=1S/C26H20F3N5O2/c1-4-23(35)32-22-15-18(7-9-20(22)26(27,28)29)34-24(36)11-6-16(2)25(34)19-14-17(8-10-21(19)30-3)33-13-5-12-31-33/h4-15H,1,3H2,2H3,(H,32,35). The normalized spacial score (nSPS) is 11.2. The van der Waals surface area contributed by atoms with E-state index in [1.54, 1.807) is 54.3 Å². The SMILES string of the molecule is C=CC(=O)Nc1cc(-n2c(-c3cc(-n4cccn4)ccc3N=C)c(C)ccc2=O)ccc1C(F)(F)F. The van der Waals surface area contributed by atoms with E-state index in [4.69, 9.17) is 0 Å². The number of amides is 1. The van der Waals surface area contributed by atoms with Gasteiger partial charge in [-0.05, 0) is 67.7 Å². The fourth-order valence-electron chi connectivity index (χ4n) is 3.85. The van der Waals surface area contributed by atoms with Crippen LogP contribution in [0.5, 0.6) is 0 Å². The summed E-state index contributed by atoms with van der Waals surface area (Å²) in [5.41, 5.74) is 0.783. The molecule has 0 radical (unpaired) electrons. The molecule has 1 amide bonds. The summed E-state index contributed by atoms with van der Waals surface area (Å²) in [5, 5.41) is 6.41. The van der Waals surface area contributed by atoms with Crippen LogP contribution in [0.1, 0.15) is 11.1 Å². The first-order valence-electron chi connectivity index (χ1n) is 10.6. The van der Waals surface area contributed by atoms with E-state index in [1.165, 1.54) is 16.7 Å². The Morgan fingerprint density at radius 2 is 1.86 bits per heavy atom. The molecule has 2 heterocycles.